The lowest BCUT2D eigenvalue weighted by molar-refractivity contribution is 0.241. The van der Waals surface area contributed by atoms with Crippen LogP contribution in [0.1, 0.15) is 13.2 Å². The average molecular weight is 115 g/mol. The second-order valence-corrected chi connectivity index (χ2v) is 1.46. The number of aromatic nitrogens is 3. The minimum Gasteiger partial charge on any atom is -0.222 e. The zero-order chi connectivity index (χ0) is 5.98. The zero-order valence-corrected chi connectivity index (χ0v) is 4.45. The molecule has 44 valence electrons. The lowest BCUT2D eigenvalue weighted by Crippen LogP contribution is -1.98. The van der Waals surface area contributed by atoms with Crippen molar-refractivity contribution in [2.24, 2.45) is 0 Å². The Bertz CT molecular complexity index is 146. The first kappa shape index (κ1) is 5.21. The van der Waals surface area contributed by atoms with E-state index >= 15 is 0 Å². The van der Waals surface area contributed by atoms with Crippen LogP contribution in [0.4, 0.5) is 4.39 Å². The van der Waals surface area contributed by atoms with E-state index < -0.39 is 6.30 Å². The van der Waals surface area contributed by atoms with Crippen molar-refractivity contribution < 1.29 is 4.39 Å². The molecule has 1 rings (SSSR count). The molecule has 4 heteroatoms. The third-order valence-corrected chi connectivity index (χ3v) is 0.806. The molecular weight excluding hydrogens is 109 g/mol. The summed E-state index contributed by atoms with van der Waals surface area (Å²) in [4.78, 5) is 0. The average Bonchev–Trinajstić information content (AvgIpc) is 2.12. The van der Waals surface area contributed by atoms with Gasteiger partial charge in [0.15, 0.2) is 6.30 Å². The van der Waals surface area contributed by atoms with Crippen LogP contribution in [-0.4, -0.2) is 15.0 Å². The van der Waals surface area contributed by atoms with Gasteiger partial charge in [-0.2, -0.15) is 0 Å². The summed E-state index contributed by atoms with van der Waals surface area (Å²) in [5.41, 5.74) is 0. The minimum atomic E-state index is -1.07. The van der Waals surface area contributed by atoms with Crippen LogP contribution in [0.25, 0.3) is 0 Å². The molecule has 1 aromatic heterocycles. The lowest BCUT2D eigenvalue weighted by atomic mass is 10.7. The topological polar surface area (TPSA) is 30.7 Å². The Labute approximate surface area is 46.1 Å². The summed E-state index contributed by atoms with van der Waals surface area (Å²) < 4.78 is 13.3. The van der Waals surface area contributed by atoms with Crippen molar-refractivity contribution in [1.29, 1.82) is 0 Å². The molecule has 1 heterocycles. The molecule has 1 aromatic rings. The highest BCUT2D eigenvalue weighted by Gasteiger charge is 1.97. The third-order valence-electron chi connectivity index (χ3n) is 0.806. The van der Waals surface area contributed by atoms with E-state index in [1.165, 1.54) is 19.3 Å². The maximum atomic E-state index is 12.1. The SMILES string of the molecule is CC(F)n1ccnn1. The van der Waals surface area contributed by atoms with E-state index in [4.69, 9.17) is 0 Å². The van der Waals surface area contributed by atoms with Crippen LogP contribution in [0.2, 0.25) is 0 Å². The highest BCUT2D eigenvalue weighted by molar-refractivity contribution is 4.64. The van der Waals surface area contributed by atoms with E-state index in [0.29, 0.717) is 0 Å². The monoisotopic (exact) mass is 115 g/mol. The van der Waals surface area contributed by atoms with Gasteiger partial charge in [-0.1, -0.05) is 5.21 Å². The Morgan fingerprint density at radius 3 is 2.75 bits per heavy atom. The van der Waals surface area contributed by atoms with Crippen LogP contribution in [-0.2, 0) is 0 Å². The van der Waals surface area contributed by atoms with Crippen molar-refractivity contribution in [3.8, 4) is 0 Å². The summed E-state index contributed by atoms with van der Waals surface area (Å²) in [6.45, 7) is 1.40. The predicted octanol–water partition coefficient (Wildman–Crippen LogP) is 0.766. The molecule has 0 saturated carbocycles. The number of rotatable bonds is 1. The van der Waals surface area contributed by atoms with Gasteiger partial charge in [0.1, 0.15) is 0 Å². The Balaban J connectivity index is 2.77. The largest absolute Gasteiger partial charge is 0.222 e. The number of hydrogen-bond donors (Lipinski definition) is 0. The minimum absolute atomic E-state index is 1.07. The van der Waals surface area contributed by atoms with Gasteiger partial charge in [-0.15, -0.1) is 5.10 Å². The smallest absolute Gasteiger partial charge is 0.190 e. The Morgan fingerprint density at radius 2 is 2.50 bits per heavy atom. The lowest BCUT2D eigenvalue weighted by Gasteiger charge is -1.95. The molecule has 0 aliphatic carbocycles. The van der Waals surface area contributed by atoms with E-state index in [1.54, 1.807) is 0 Å². The highest BCUT2D eigenvalue weighted by atomic mass is 19.1. The van der Waals surface area contributed by atoms with Crippen LogP contribution < -0.4 is 0 Å². The standard InChI is InChI=1S/C4H6FN3/c1-4(5)8-3-2-6-7-8/h2-4H,1H3. The van der Waals surface area contributed by atoms with Crippen LogP contribution in [0.3, 0.4) is 0 Å². The van der Waals surface area contributed by atoms with Gasteiger partial charge >= 0.3 is 0 Å². The molecule has 1 unspecified atom stereocenters. The molecule has 0 bridgehead atoms. The fourth-order valence-corrected chi connectivity index (χ4v) is 0.407. The Morgan fingerprint density at radius 1 is 1.75 bits per heavy atom. The summed E-state index contributed by atoms with van der Waals surface area (Å²) >= 11 is 0. The Kier molecular flexibility index (Phi) is 1.24. The molecule has 0 amide bonds. The highest BCUT2D eigenvalue weighted by Crippen LogP contribution is 2.00. The molecule has 3 nitrogen and oxygen atoms in total. The zero-order valence-electron chi connectivity index (χ0n) is 4.45. The predicted molar refractivity (Wildman–Crippen MR) is 25.8 cm³/mol. The maximum absolute atomic E-state index is 12.1. The summed E-state index contributed by atoms with van der Waals surface area (Å²) in [5.74, 6) is 0. The van der Waals surface area contributed by atoms with Gasteiger partial charge < -0.3 is 0 Å². The summed E-state index contributed by atoms with van der Waals surface area (Å²) in [7, 11) is 0. The van der Waals surface area contributed by atoms with Crippen molar-refractivity contribution >= 4 is 0 Å². The molecule has 8 heavy (non-hydrogen) atoms. The van der Waals surface area contributed by atoms with Gasteiger partial charge in [0.2, 0.25) is 0 Å². The number of nitrogens with zero attached hydrogens (tertiary/aromatic N) is 3. The first-order chi connectivity index (χ1) is 3.80. The van der Waals surface area contributed by atoms with Gasteiger partial charge in [0.25, 0.3) is 0 Å². The quantitative estimate of drug-likeness (QED) is 0.541. The fraction of sp³-hybridized carbons (Fsp3) is 0.500. The molecule has 0 aromatic carbocycles. The second-order valence-electron chi connectivity index (χ2n) is 1.46. The van der Waals surface area contributed by atoms with Crippen molar-refractivity contribution in [1.82, 2.24) is 15.0 Å². The molecule has 0 aliphatic heterocycles. The summed E-state index contributed by atoms with van der Waals surface area (Å²) in [5, 5.41) is 6.82. The van der Waals surface area contributed by atoms with Gasteiger partial charge in [-0.25, -0.2) is 9.07 Å². The van der Waals surface area contributed by atoms with E-state index in [-0.39, 0.29) is 0 Å². The molecule has 0 N–H and O–H groups in total. The van der Waals surface area contributed by atoms with Crippen molar-refractivity contribution in [2.75, 3.05) is 0 Å². The van der Waals surface area contributed by atoms with E-state index in [0.717, 1.165) is 4.68 Å². The second kappa shape index (κ2) is 1.90. The molecule has 0 saturated heterocycles. The summed E-state index contributed by atoms with van der Waals surface area (Å²) in [6.07, 6.45) is 1.85. The van der Waals surface area contributed by atoms with E-state index in [9.17, 15) is 4.39 Å². The van der Waals surface area contributed by atoms with Crippen LogP contribution in [0.5, 0.6) is 0 Å². The molecule has 0 aliphatic rings. The normalized spacial score (nSPS) is 13.8. The molecular formula is C4H6FN3. The van der Waals surface area contributed by atoms with Crippen molar-refractivity contribution in [2.45, 2.75) is 13.2 Å². The van der Waals surface area contributed by atoms with E-state index in [2.05, 4.69) is 10.3 Å². The fourth-order valence-electron chi connectivity index (χ4n) is 0.407. The van der Waals surface area contributed by atoms with Crippen molar-refractivity contribution in [3.63, 3.8) is 0 Å². The van der Waals surface area contributed by atoms with Gasteiger partial charge in [0.05, 0.1) is 6.20 Å². The van der Waals surface area contributed by atoms with E-state index in [1.807, 2.05) is 0 Å². The maximum Gasteiger partial charge on any atom is 0.190 e. The molecule has 0 spiro atoms. The molecule has 0 radical (unpaired) electrons. The third kappa shape index (κ3) is 0.828. The number of alkyl halides is 1. The first-order valence-corrected chi connectivity index (χ1v) is 2.30. The van der Waals surface area contributed by atoms with Gasteiger partial charge in [-0.3, -0.25) is 0 Å². The number of halogens is 1. The Hall–Kier alpha value is -0.930. The van der Waals surface area contributed by atoms with Crippen molar-refractivity contribution in [3.05, 3.63) is 12.4 Å². The first-order valence-electron chi connectivity index (χ1n) is 2.30. The molecule has 1 atom stereocenters. The summed E-state index contributed by atoms with van der Waals surface area (Å²) in [6, 6.07) is 0. The van der Waals surface area contributed by atoms with Crippen LogP contribution in [0.15, 0.2) is 12.4 Å². The van der Waals surface area contributed by atoms with Crippen LogP contribution in [0, 0.1) is 0 Å². The van der Waals surface area contributed by atoms with Gasteiger partial charge in [-0.05, 0) is 6.92 Å². The number of hydrogen-bond acceptors (Lipinski definition) is 2. The molecule has 0 fully saturated rings. The van der Waals surface area contributed by atoms with Crippen LogP contribution >= 0.6 is 0 Å². The van der Waals surface area contributed by atoms with Gasteiger partial charge in [0, 0.05) is 6.20 Å².